The van der Waals surface area contributed by atoms with Crippen molar-refractivity contribution in [1.29, 1.82) is 0 Å². The van der Waals surface area contributed by atoms with Crippen molar-refractivity contribution in [3.05, 3.63) is 54.0 Å². The number of para-hydroxylation sites is 1. The minimum Gasteiger partial charge on any atom is -0.489 e. The van der Waals surface area contributed by atoms with E-state index in [0.717, 1.165) is 11.3 Å². The fourth-order valence-corrected chi connectivity index (χ4v) is 1.91. The van der Waals surface area contributed by atoms with Crippen LogP contribution in [0.2, 0.25) is 0 Å². The van der Waals surface area contributed by atoms with Gasteiger partial charge in [0.15, 0.2) is 5.60 Å². The number of hydrogen-bond donors (Lipinski definition) is 1. The maximum absolute atomic E-state index is 10.5. The second-order valence-electron chi connectivity index (χ2n) is 3.62. The third-order valence-corrected chi connectivity index (χ3v) is 2.70. The van der Waals surface area contributed by atoms with Gasteiger partial charge in [-0.25, -0.2) is 0 Å². The Kier molecular flexibility index (Phi) is 1.64. The van der Waals surface area contributed by atoms with E-state index < -0.39 is 5.60 Å². The van der Waals surface area contributed by atoms with Gasteiger partial charge in [-0.05, 0) is 18.2 Å². The van der Waals surface area contributed by atoms with E-state index in [1.54, 1.807) is 18.4 Å². The van der Waals surface area contributed by atoms with Gasteiger partial charge in [-0.15, -0.1) is 0 Å². The molecule has 0 spiro atoms. The van der Waals surface area contributed by atoms with E-state index in [-0.39, 0.29) is 6.61 Å². The smallest absolute Gasteiger partial charge is 0.185 e. The minimum absolute atomic E-state index is 0.208. The molecule has 0 bridgehead atoms. The van der Waals surface area contributed by atoms with E-state index in [1.807, 2.05) is 24.3 Å². The van der Waals surface area contributed by atoms with Crippen molar-refractivity contribution >= 4 is 0 Å². The summed E-state index contributed by atoms with van der Waals surface area (Å²) in [6.07, 6.45) is 1.55. The summed E-state index contributed by atoms with van der Waals surface area (Å²) in [6, 6.07) is 11.0. The molecule has 1 atom stereocenters. The highest BCUT2D eigenvalue weighted by Crippen LogP contribution is 2.41. The zero-order valence-electron chi connectivity index (χ0n) is 8.01. The van der Waals surface area contributed by atoms with Crippen molar-refractivity contribution in [1.82, 2.24) is 0 Å². The molecule has 1 aromatic carbocycles. The first kappa shape index (κ1) is 8.56. The van der Waals surface area contributed by atoms with Gasteiger partial charge in [0.05, 0.1) is 6.26 Å². The zero-order chi connectivity index (χ0) is 10.3. The molecule has 1 aliphatic rings. The van der Waals surface area contributed by atoms with Crippen LogP contribution in [-0.2, 0) is 5.60 Å². The van der Waals surface area contributed by atoms with E-state index in [2.05, 4.69) is 0 Å². The first-order valence-corrected chi connectivity index (χ1v) is 4.79. The molecule has 76 valence electrons. The van der Waals surface area contributed by atoms with Gasteiger partial charge in [0.25, 0.3) is 0 Å². The van der Waals surface area contributed by atoms with E-state index in [9.17, 15) is 5.11 Å². The average Bonchev–Trinajstić information content (AvgIpc) is 2.88. The monoisotopic (exact) mass is 202 g/mol. The SMILES string of the molecule is OC1(c2ccco2)COc2ccccc21. The lowest BCUT2D eigenvalue weighted by atomic mass is 9.94. The van der Waals surface area contributed by atoms with Gasteiger partial charge in [0.2, 0.25) is 0 Å². The zero-order valence-corrected chi connectivity index (χ0v) is 8.01. The number of hydrogen-bond acceptors (Lipinski definition) is 3. The largest absolute Gasteiger partial charge is 0.489 e. The highest BCUT2D eigenvalue weighted by Gasteiger charge is 2.42. The summed E-state index contributed by atoms with van der Waals surface area (Å²) < 4.78 is 10.7. The van der Waals surface area contributed by atoms with Crippen molar-refractivity contribution in [2.24, 2.45) is 0 Å². The summed E-state index contributed by atoms with van der Waals surface area (Å²) in [5.74, 6) is 1.24. The van der Waals surface area contributed by atoms with Crippen LogP contribution in [-0.4, -0.2) is 11.7 Å². The summed E-state index contributed by atoms with van der Waals surface area (Å²) in [5, 5.41) is 10.5. The quantitative estimate of drug-likeness (QED) is 0.768. The maximum atomic E-state index is 10.5. The Bertz CT molecular complexity index is 475. The van der Waals surface area contributed by atoms with Gasteiger partial charge in [-0.1, -0.05) is 18.2 Å². The van der Waals surface area contributed by atoms with Crippen LogP contribution in [0.3, 0.4) is 0 Å². The van der Waals surface area contributed by atoms with Crippen molar-refractivity contribution in [3.63, 3.8) is 0 Å². The Balaban J connectivity index is 2.17. The third kappa shape index (κ3) is 1.10. The van der Waals surface area contributed by atoms with Crippen LogP contribution in [0.5, 0.6) is 5.75 Å². The predicted octanol–water partition coefficient (Wildman–Crippen LogP) is 1.91. The molecule has 1 aromatic heterocycles. The third-order valence-electron chi connectivity index (χ3n) is 2.70. The molecule has 15 heavy (non-hydrogen) atoms. The Morgan fingerprint density at radius 3 is 2.80 bits per heavy atom. The number of furan rings is 1. The van der Waals surface area contributed by atoms with Crippen molar-refractivity contribution in [3.8, 4) is 5.75 Å². The molecule has 1 aliphatic heterocycles. The molecule has 3 heteroatoms. The number of ether oxygens (including phenoxy) is 1. The molecule has 0 saturated heterocycles. The highest BCUT2D eigenvalue weighted by molar-refractivity contribution is 5.45. The first-order chi connectivity index (χ1) is 7.31. The van der Waals surface area contributed by atoms with Crippen LogP contribution in [0, 0.1) is 0 Å². The predicted molar refractivity (Wildman–Crippen MR) is 53.6 cm³/mol. The Morgan fingerprint density at radius 1 is 1.13 bits per heavy atom. The van der Waals surface area contributed by atoms with Crippen molar-refractivity contribution < 1.29 is 14.3 Å². The second kappa shape index (κ2) is 2.87. The first-order valence-electron chi connectivity index (χ1n) is 4.79. The molecule has 0 amide bonds. The van der Waals surface area contributed by atoms with Crippen LogP contribution < -0.4 is 4.74 Å². The fraction of sp³-hybridized carbons (Fsp3) is 0.167. The van der Waals surface area contributed by atoms with Crippen LogP contribution in [0.15, 0.2) is 47.1 Å². The standard InChI is InChI=1S/C12H10O3/c13-12(11-6-3-7-14-11)8-15-10-5-2-1-4-9(10)12/h1-7,13H,8H2. The number of rotatable bonds is 1. The molecule has 1 unspecified atom stereocenters. The molecule has 3 rings (SSSR count). The van der Waals surface area contributed by atoms with Crippen LogP contribution in [0.25, 0.3) is 0 Å². The number of aliphatic hydroxyl groups is 1. The van der Waals surface area contributed by atoms with E-state index in [1.165, 1.54) is 0 Å². The Morgan fingerprint density at radius 2 is 2.00 bits per heavy atom. The highest BCUT2D eigenvalue weighted by atomic mass is 16.5. The summed E-state index contributed by atoms with van der Waals surface area (Å²) in [4.78, 5) is 0. The Labute approximate surface area is 86.9 Å². The van der Waals surface area contributed by atoms with Gasteiger partial charge in [-0.3, -0.25) is 0 Å². The normalized spacial score (nSPS) is 23.5. The molecule has 2 heterocycles. The van der Waals surface area contributed by atoms with E-state index in [0.29, 0.717) is 5.76 Å². The summed E-state index contributed by atoms with van der Waals surface area (Å²) in [6.45, 7) is 0.208. The van der Waals surface area contributed by atoms with Gasteiger partial charge in [0, 0.05) is 5.56 Å². The summed E-state index contributed by atoms with van der Waals surface area (Å²) in [5.41, 5.74) is -0.375. The van der Waals surface area contributed by atoms with Crippen molar-refractivity contribution in [2.75, 3.05) is 6.61 Å². The molecule has 3 nitrogen and oxygen atoms in total. The van der Waals surface area contributed by atoms with Gasteiger partial charge in [0.1, 0.15) is 18.1 Å². The molecule has 0 radical (unpaired) electrons. The second-order valence-corrected chi connectivity index (χ2v) is 3.62. The average molecular weight is 202 g/mol. The Hall–Kier alpha value is -1.74. The van der Waals surface area contributed by atoms with E-state index >= 15 is 0 Å². The fourth-order valence-electron chi connectivity index (χ4n) is 1.91. The van der Waals surface area contributed by atoms with Gasteiger partial charge in [-0.2, -0.15) is 0 Å². The molecule has 1 N–H and O–H groups in total. The van der Waals surface area contributed by atoms with Gasteiger partial charge < -0.3 is 14.3 Å². The van der Waals surface area contributed by atoms with Crippen LogP contribution in [0.1, 0.15) is 11.3 Å². The lowest BCUT2D eigenvalue weighted by Crippen LogP contribution is -2.28. The molecule has 0 saturated carbocycles. The number of benzene rings is 1. The molecular weight excluding hydrogens is 192 g/mol. The topological polar surface area (TPSA) is 42.6 Å². The summed E-state index contributed by atoms with van der Waals surface area (Å²) in [7, 11) is 0. The van der Waals surface area contributed by atoms with Crippen LogP contribution in [0.4, 0.5) is 0 Å². The molecule has 0 aliphatic carbocycles. The minimum atomic E-state index is -1.14. The number of fused-ring (bicyclic) bond motifs is 1. The van der Waals surface area contributed by atoms with Crippen LogP contribution >= 0.6 is 0 Å². The molecule has 0 fully saturated rings. The van der Waals surface area contributed by atoms with Gasteiger partial charge >= 0.3 is 0 Å². The lowest BCUT2D eigenvalue weighted by Gasteiger charge is -2.17. The molecular formula is C12H10O3. The van der Waals surface area contributed by atoms with Crippen molar-refractivity contribution in [2.45, 2.75) is 5.60 Å². The molecule has 2 aromatic rings. The maximum Gasteiger partial charge on any atom is 0.185 e. The van der Waals surface area contributed by atoms with E-state index in [4.69, 9.17) is 9.15 Å². The summed E-state index contributed by atoms with van der Waals surface area (Å²) >= 11 is 0. The lowest BCUT2D eigenvalue weighted by molar-refractivity contribution is 0.0355.